The van der Waals surface area contributed by atoms with Gasteiger partial charge >= 0.3 is 5.97 Å². The number of hydrogen-bond donors (Lipinski definition) is 3. The van der Waals surface area contributed by atoms with E-state index in [0.717, 1.165) is 51.4 Å². The molecule has 1 amide bonds. The van der Waals surface area contributed by atoms with Crippen LogP contribution in [0.5, 0.6) is 0 Å². The minimum atomic E-state index is -0.850. The second-order valence-electron chi connectivity index (χ2n) is 20.0. The molecule has 0 bridgehead atoms. The molecular weight excluding hydrogens is 815 g/mol. The first-order chi connectivity index (χ1) is 32.5. The Morgan fingerprint density at radius 1 is 0.409 bits per heavy atom. The van der Waals surface area contributed by atoms with E-state index in [0.29, 0.717) is 19.4 Å². The fraction of sp³-hybridized carbons (Fsp3) is 0.867. The van der Waals surface area contributed by atoms with Gasteiger partial charge in [-0.3, -0.25) is 9.59 Å². The monoisotopic (exact) mass is 928 g/mol. The maximum atomic E-state index is 12.4. The average molecular weight is 929 g/mol. The molecule has 66 heavy (non-hydrogen) atoms. The van der Waals surface area contributed by atoms with E-state index in [1.54, 1.807) is 6.08 Å². The molecule has 0 aliphatic carbocycles. The molecule has 388 valence electrons. The average Bonchev–Trinajstić information content (AvgIpc) is 3.32. The molecule has 0 heterocycles. The number of rotatable bonds is 54. The van der Waals surface area contributed by atoms with E-state index in [4.69, 9.17) is 4.74 Å². The summed E-state index contributed by atoms with van der Waals surface area (Å²) in [5.74, 6) is -0.0785. The summed E-state index contributed by atoms with van der Waals surface area (Å²) in [5.41, 5.74) is 0. The largest absolute Gasteiger partial charge is 0.466 e. The van der Waals surface area contributed by atoms with Crippen LogP contribution in [0.25, 0.3) is 0 Å². The molecule has 0 radical (unpaired) electrons. The highest BCUT2D eigenvalue weighted by molar-refractivity contribution is 5.76. The van der Waals surface area contributed by atoms with Crippen molar-refractivity contribution in [1.82, 2.24) is 5.32 Å². The molecule has 0 rings (SSSR count). The van der Waals surface area contributed by atoms with Gasteiger partial charge in [-0.05, 0) is 83.5 Å². The summed E-state index contributed by atoms with van der Waals surface area (Å²) in [4.78, 5) is 24.5. The van der Waals surface area contributed by atoms with Gasteiger partial charge in [0, 0.05) is 12.8 Å². The summed E-state index contributed by atoms with van der Waals surface area (Å²) in [6, 6.07) is -0.634. The lowest BCUT2D eigenvalue weighted by atomic mass is 10.0. The Hall–Kier alpha value is -1.92. The van der Waals surface area contributed by atoms with Gasteiger partial charge in [0.25, 0.3) is 0 Å². The van der Waals surface area contributed by atoms with Gasteiger partial charge in [-0.15, -0.1) is 0 Å². The van der Waals surface area contributed by atoms with E-state index in [9.17, 15) is 19.8 Å². The predicted octanol–water partition coefficient (Wildman–Crippen LogP) is 18.0. The number of unbranched alkanes of at least 4 members (excludes halogenated alkanes) is 39. The van der Waals surface area contributed by atoms with Gasteiger partial charge < -0.3 is 20.3 Å². The Kier molecular flexibility index (Phi) is 54.1. The molecule has 0 aliphatic rings. The molecule has 0 aromatic rings. The van der Waals surface area contributed by atoms with Gasteiger partial charge in [-0.2, -0.15) is 0 Å². The third-order valence-electron chi connectivity index (χ3n) is 13.4. The third kappa shape index (κ3) is 51.5. The van der Waals surface area contributed by atoms with E-state index < -0.39 is 12.1 Å². The van der Waals surface area contributed by atoms with Gasteiger partial charge in [-0.25, -0.2) is 0 Å². The quantitative estimate of drug-likeness (QED) is 0.0321. The number of ether oxygens (including phenoxy) is 1. The van der Waals surface area contributed by atoms with Crippen molar-refractivity contribution in [2.45, 2.75) is 321 Å². The summed E-state index contributed by atoms with van der Waals surface area (Å²) in [6.07, 6.45) is 68.8. The lowest BCUT2D eigenvalue weighted by Gasteiger charge is -2.20. The van der Waals surface area contributed by atoms with Crippen LogP contribution in [0.2, 0.25) is 0 Å². The second kappa shape index (κ2) is 55.7. The third-order valence-corrected chi connectivity index (χ3v) is 13.4. The predicted molar refractivity (Wildman–Crippen MR) is 287 cm³/mol. The van der Waals surface area contributed by atoms with E-state index in [1.165, 1.54) is 231 Å². The van der Waals surface area contributed by atoms with Crippen LogP contribution in [0.4, 0.5) is 0 Å². The Morgan fingerprint density at radius 2 is 0.712 bits per heavy atom. The summed E-state index contributed by atoms with van der Waals surface area (Å²) < 4.78 is 5.48. The number of amides is 1. The van der Waals surface area contributed by atoms with Crippen LogP contribution in [-0.4, -0.2) is 47.4 Å². The minimum absolute atomic E-state index is 0.00000594. The zero-order valence-corrected chi connectivity index (χ0v) is 44.2. The maximum absolute atomic E-state index is 12.4. The Labute approximate surface area is 411 Å². The number of aliphatic hydroxyl groups excluding tert-OH is 2. The first kappa shape index (κ1) is 64.1. The van der Waals surface area contributed by atoms with Crippen molar-refractivity contribution in [3.05, 3.63) is 36.5 Å². The van der Waals surface area contributed by atoms with Gasteiger partial charge in [0.15, 0.2) is 0 Å². The van der Waals surface area contributed by atoms with Gasteiger partial charge in [0.05, 0.1) is 25.4 Å². The number of carbonyl (C=O) groups excluding carboxylic acids is 2. The van der Waals surface area contributed by atoms with E-state index in [2.05, 4.69) is 43.5 Å². The number of aliphatic hydroxyl groups is 2. The summed E-state index contributed by atoms with van der Waals surface area (Å²) in [5, 5.41) is 23.0. The first-order valence-corrected chi connectivity index (χ1v) is 29.3. The molecule has 0 aromatic carbocycles. The molecule has 0 aliphatic heterocycles. The van der Waals surface area contributed by atoms with Crippen LogP contribution in [0.1, 0.15) is 309 Å². The zero-order valence-electron chi connectivity index (χ0n) is 44.2. The summed E-state index contributed by atoms with van der Waals surface area (Å²) >= 11 is 0. The van der Waals surface area contributed by atoms with Crippen molar-refractivity contribution < 1.29 is 24.5 Å². The molecular formula is C60H113NO5. The lowest BCUT2D eigenvalue weighted by molar-refractivity contribution is -0.143. The number of esters is 1. The second-order valence-corrected chi connectivity index (χ2v) is 20.0. The smallest absolute Gasteiger partial charge is 0.305 e. The number of hydrogen-bond acceptors (Lipinski definition) is 5. The van der Waals surface area contributed by atoms with E-state index in [1.807, 2.05) is 6.08 Å². The van der Waals surface area contributed by atoms with Crippen molar-refractivity contribution >= 4 is 11.9 Å². The molecule has 2 unspecified atom stereocenters. The fourth-order valence-electron chi connectivity index (χ4n) is 8.86. The van der Waals surface area contributed by atoms with Gasteiger partial charge in [-0.1, -0.05) is 249 Å². The molecule has 0 saturated heterocycles. The van der Waals surface area contributed by atoms with Crippen LogP contribution in [0.3, 0.4) is 0 Å². The van der Waals surface area contributed by atoms with Crippen LogP contribution < -0.4 is 5.32 Å². The first-order valence-electron chi connectivity index (χ1n) is 29.3. The van der Waals surface area contributed by atoms with Crippen molar-refractivity contribution in [3.8, 4) is 0 Å². The standard InChI is InChI=1S/C60H113NO5/c1-3-5-7-9-11-13-15-17-18-19-24-27-30-34-38-42-46-50-54-60(65)66-55-51-47-43-39-35-31-28-25-22-20-21-23-26-29-33-37-41-45-49-53-59(64)61-57(56-62)58(63)52-48-44-40-36-32-16-14-12-10-8-6-4-2/h18-21,48,52,57-58,62-63H,3-17,22-47,49-51,53-56H2,1-2H3,(H,61,64)/b19-18-,21-20-,52-48+. The van der Waals surface area contributed by atoms with Crippen LogP contribution in [-0.2, 0) is 14.3 Å². The van der Waals surface area contributed by atoms with Crippen molar-refractivity contribution in [3.63, 3.8) is 0 Å². The molecule has 0 aromatic heterocycles. The molecule has 0 saturated carbocycles. The SMILES string of the molecule is CCCCCCCCC/C=C\CCCCCCCCCC(=O)OCCCCCCCCCC/C=C\CCCCCCCCCC(=O)NC(CO)C(O)/C=C/CCCCCCCCCCCC. The van der Waals surface area contributed by atoms with Crippen LogP contribution in [0.15, 0.2) is 36.5 Å². The zero-order chi connectivity index (χ0) is 47.9. The Bertz CT molecular complexity index is 1070. The fourth-order valence-corrected chi connectivity index (χ4v) is 8.86. The van der Waals surface area contributed by atoms with Crippen LogP contribution >= 0.6 is 0 Å². The maximum Gasteiger partial charge on any atom is 0.305 e. The van der Waals surface area contributed by atoms with Gasteiger partial charge in [0.2, 0.25) is 5.91 Å². The molecule has 6 heteroatoms. The summed E-state index contributed by atoms with van der Waals surface area (Å²) in [7, 11) is 0. The number of nitrogens with one attached hydrogen (secondary N) is 1. The van der Waals surface area contributed by atoms with Crippen molar-refractivity contribution in [2.24, 2.45) is 0 Å². The highest BCUT2D eigenvalue weighted by Gasteiger charge is 2.18. The normalized spacial score (nSPS) is 12.8. The molecule has 0 spiro atoms. The topological polar surface area (TPSA) is 95.9 Å². The molecule has 0 fully saturated rings. The number of carbonyl (C=O) groups is 2. The van der Waals surface area contributed by atoms with E-state index >= 15 is 0 Å². The summed E-state index contributed by atoms with van der Waals surface area (Å²) in [6.45, 7) is 4.88. The van der Waals surface area contributed by atoms with Crippen LogP contribution in [0, 0.1) is 0 Å². The minimum Gasteiger partial charge on any atom is -0.466 e. The highest BCUT2D eigenvalue weighted by atomic mass is 16.5. The Balaban J connectivity index is 3.44. The molecule has 3 N–H and O–H groups in total. The van der Waals surface area contributed by atoms with Crippen molar-refractivity contribution in [2.75, 3.05) is 13.2 Å². The highest BCUT2D eigenvalue weighted by Crippen LogP contribution is 2.16. The van der Waals surface area contributed by atoms with E-state index in [-0.39, 0.29) is 18.5 Å². The lowest BCUT2D eigenvalue weighted by Crippen LogP contribution is -2.45. The molecule has 6 nitrogen and oxygen atoms in total. The van der Waals surface area contributed by atoms with Gasteiger partial charge in [0.1, 0.15) is 0 Å². The number of allylic oxidation sites excluding steroid dienone is 5. The Morgan fingerprint density at radius 3 is 1.08 bits per heavy atom. The molecule has 2 atom stereocenters. The van der Waals surface area contributed by atoms with Crippen molar-refractivity contribution in [1.29, 1.82) is 0 Å².